The van der Waals surface area contributed by atoms with Crippen molar-refractivity contribution >= 4 is 27.9 Å². The molecule has 0 spiro atoms. The Morgan fingerprint density at radius 1 is 1.22 bits per heavy atom. The van der Waals surface area contributed by atoms with E-state index < -0.39 is 40.4 Å². The van der Waals surface area contributed by atoms with Gasteiger partial charge in [0.05, 0.1) is 30.6 Å². The van der Waals surface area contributed by atoms with E-state index in [0.717, 1.165) is 30.2 Å². The molecule has 0 amide bonds. The number of carboxylic acid groups (broad SMARTS) is 1. The van der Waals surface area contributed by atoms with E-state index in [9.17, 15) is 27.8 Å². The Kier molecular flexibility index (Phi) is 9.21. The Labute approximate surface area is 211 Å². The summed E-state index contributed by atoms with van der Waals surface area (Å²) in [6, 6.07) is 5.97. The summed E-state index contributed by atoms with van der Waals surface area (Å²) < 4.78 is 40.5. The van der Waals surface area contributed by atoms with Crippen molar-refractivity contribution in [2.45, 2.75) is 64.1 Å². The zero-order valence-electron chi connectivity index (χ0n) is 20.5. The summed E-state index contributed by atoms with van der Waals surface area (Å²) in [5.41, 5.74) is 3.49. The topological polar surface area (TPSA) is 128 Å². The number of carboxylic acids is 1. The smallest absolute Gasteiger partial charge is 0.305 e. The number of rotatable bonds is 10. The van der Waals surface area contributed by atoms with Gasteiger partial charge in [-0.25, -0.2) is 17.8 Å². The lowest BCUT2D eigenvalue weighted by Crippen LogP contribution is -2.32. The van der Waals surface area contributed by atoms with Crippen LogP contribution in [0.1, 0.15) is 55.8 Å². The van der Waals surface area contributed by atoms with Crippen LogP contribution in [0, 0.1) is 5.82 Å². The molecule has 0 aliphatic carbocycles. The number of aryl methyl sites for hydroxylation is 1. The number of anilines is 1. The number of aliphatic hydroxyl groups is 2. The molecule has 0 fully saturated rings. The van der Waals surface area contributed by atoms with Crippen LogP contribution < -0.4 is 4.31 Å². The molecule has 1 aliphatic heterocycles. The molecule has 0 unspecified atom stereocenters. The number of carbonyl (C=O) groups is 1. The molecule has 0 saturated heterocycles. The predicted molar refractivity (Wildman–Crippen MR) is 137 cm³/mol. The Morgan fingerprint density at radius 2 is 1.92 bits per heavy atom. The summed E-state index contributed by atoms with van der Waals surface area (Å²) >= 11 is 0. The Balaban J connectivity index is 2.21. The molecule has 36 heavy (non-hydrogen) atoms. The van der Waals surface area contributed by atoms with Gasteiger partial charge in [-0.15, -0.1) is 0 Å². The zero-order chi connectivity index (χ0) is 26.5. The molecule has 1 aromatic carbocycles. The molecule has 10 heteroatoms. The van der Waals surface area contributed by atoms with Crippen LogP contribution in [0.5, 0.6) is 0 Å². The van der Waals surface area contributed by atoms with Gasteiger partial charge in [0.2, 0.25) is 10.0 Å². The van der Waals surface area contributed by atoms with Gasteiger partial charge in [0.15, 0.2) is 0 Å². The first kappa shape index (κ1) is 27.8. The van der Waals surface area contributed by atoms with Crippen LogP contribution in [0.3, 0.4) is 0 Å². The third kappa shape index (κ3) is 6.89. The van der Waals surface area contributed by atoms with E-state index in [4.69, 9.17) is 10.1 Å². The minimum Gasteiger partial charge on any atom is -0.481 e. The molecule has 0 radical (unpaired) electrons. The monoisotopic (exact) mass is 520 g/mol. The van der Waals surface area contributed by atoms with Crippen LogP contribution in [0.2, 0.25) is 0 Å². The number of halogens is 1. The third-order valence-electron chi connectivity index (χ3n) is 6.10. The molecule has 196 valence electrons. The van der Waals surface area contributed by atoms with Crippen molar-refractivity contribution in [2.75, 3.05) is 17.1 Å². The van der Waals surface area contributed by atoms with Crippen molar-refractivity contribution in [3.8, 4) is 11.1 Å². The largest absolute Gasteiger partial charge is 0.481 e. The second-order valence-corrected chi connectivity index (χ2v) is 11.0. The minimum absolute atomic E-state index is 0.155. The summed E-state index contributed by atoms with van der Waals surface area (Å²) in [5.74, 6) is -1.18. The lowest BCUT2D eigenvalue weighted by atomic mass is 9.90. The number of aliphatic carboxylic acids is 1. The Hall–Kier alpha value is -2.82. The van der Waals surface area contributed by atoms with Crippen LogP contribution in [0.15, 0.2) is 30.3 Å². The number of sulfonamides is 1. The first-order chi connectivity index (χ1) is 17.0. The average Bonchev–Trinajstić information content (AvgIpc) is 3.00. The van der Waals surface area contributed by atoms with Crippen LogP contribution in [0.4, 0.5) is 10.2 Å². The summed E-state index contributed by atoms with van der Waals surface area (Å²) in [6.07, 6.45) is 4.63. The molecule has 1 aromatic heterocycles. The van der Waals surface area contributed by atoms with E-state index in [1.54, 1.807) is 18.2 Å². The van der Waals surface area contributed by atoms with Crippen molar-refractivity contribution in [1.82, 2.24) is 4.98 Å². The maximum atomic E-state index is 13.8. The van der Waals surface area contributed by atoms with Gasteiger partial charge < -0.3 is 15.3 Å². The van der Waals surface area contributed by atoms with Crippen molar-refractivity contribution in [3.05, 3.63) is 53.0 Å². The highest BCUT2D eigenvalue weighted by Gasteiger charge is 2.29. The number of benzene rings is 1. The first-order valence-electron chi connectivity index (χ1n) is 12.1. The maximum absolute atomic E-state index is 13.8. The third-order valence-corrected chi connectivity index (χ3v) is 7.25. The summed E-state index contributed by atoms with van der Waals surface area (Å²) in [5, 5.41) is 29.2. The molecule has 0 saturated carbocycles. The highest BCUT2D eigenvalue weighted by molar-refractivity contribution is 7.92. The van der Waals surface area contributed by atoms with Crippen LogP contribution >= 0.6 is 0 Å². The van der Waals surface area contributed by atoms with E-state index >= 15 is 0 Å². The fraction of sp³-hybridized carbons (Fsp3) is 0.462. The van der Waals surface area contributed by atoms with E-state index in [-0.39, 0.29) is 6.42 Å². The average molecular weight is 521 g/mol. The van der Waals surface area contributed by atoms with Crippen molar-refractivity contribution in [2.24, 2.45) is 0 Å². The van der Waals surface area contributed by atoms with Gasteiger partial charge in [-0.05, 0) is 48.9 Å². The van der Waals surface area contributed by atoms with Gasteiger partial charge in [0.25, 0.3) is 0 Å². The van der Waals surface area contributed by atoms with E-state index in [1.165, 1.54) is 22.5 Å². The fourth-order valence-electron chi connectivity index (χ4n) is 4.51. The number of fused-ring (bicyclic) bond motifs is 1. The molecule has 2 aromatic rings. The molecule has 3 rings (SSSR count). The highest BCUT2D eigenvalue weighted by Crippen LogP contribution is 2.39. The molecular weight excluding hydrogens is 487 g/mol. The number of aliphatic hydroxyl groups excluding tert-OH is 2. The second-order valence-electron chi connectivity index (χ2n) is 9.11. The van der Waals surface area contributed by atoms with Crippen LogP contribution in [-0.4, -0.2) is 59.7 Å². The molecule has 2 atom stereocenters. The minimum atomic E-state index is -3.58. The Bertz CT molecular complexity index is 1210. The predicted octanol–water partition coefficient (Wildman–Crippen LogP) is 3.54. The van der Waals surface area contributed by atoms with Gasteiger partial charge in [0.1, 0.15) is 11.6 Å². The normalized spacial score (nSPS) is 16.0. The zero-order valence-corrected chi connectivity index (χ0v) is 21.3. The van der Waals surface area contributed by atoms with Crippen molar-refractivity contribution in [1.29, 1.82) is 0 Å². The van der Waals surface area contributed by atoms with Gasteiger partial charge in [-0.2, -0.15) is 0 Å². The quantitative estimate of drug-likeness (QED) is 0.437. The van der Waals surface area contributed by atoms with E-state index in [2.05, 4.69) is 0 Å². The summed E-state index contributed by atoms with van der Waals surface area (Å²) in [6.45, 7) is 2.30. The number of hydrogen-bond acceptors (Lipinski definition) is 6. The van der Waals surface area contributed by atoms with Gasteiger partial charge in [-0.3, -0.25) is 9.10 Å². The lowest BCUT2D eigenvalue weighted by Gasteiger charge is -2.25. The number of aromatic nitrogens is 1. The lowest BCUT2D eigenvalue weighted by molar-refractivity contribution is -0.139. The van der Waals surface area contributed by atoms with Crippen LogP contribution in [-0.2, 0) is 27.7 Å². The van der Waals surface area contributed by atoms with Crippen LogP contribution in [0.25, 0.3) is 17.2 Å². The van der Waals surface area contributed by atoms with Gasteiger partial charge in [-0.1, -0.05) is 37.6 Å². The fourth-order valence-corrected chi connectivity index (χ4v) is 5.43. The van der Waals surface area contributed by atoms with Gasteiger partial charge >= 0.3 is 5.97 Å². The van der Waals surface area contributed by atoms with E-state index in [1.807, 2.05) is 6.92 Å². The molecule has 0 bridgehead atoms. The van der Waals surface area contributed by atoms with Crippen molar-refractivity contribution in [3.63, 3.8) is 0 Å². The summed E-state index contributed by atoms with van der Waals surface area (Å²) in [7, 11) is -3.58. The van der Waals surface area contributed by atoms with Gasteiger partial charge in [0, 0.05) is 24.1 Å². The number of hydrogen-bond donors (Lipinski definition) is 3. The first-order valence-corrected chi connectivity index (χ1v) is 13.9. The molecule has 8 nitrogen and oxygen atoms in total. The number of pyridine rings is 1. The Morgan fingerprint density at radius 3 is 2.53 bits per heavy atom. The molecule has 3 N–H and O–H groups in total. The van der Waals surface area contributed by atoms with E-state index in [0.29, 0.717) is 48.4 Å². The number of nitrogens with zero attached hydrogens (tertiary/aromatic N) is 2. The second kappa shape index (κ2) is 11.9. The maximum Gasteiger partial charge on any atom is 0.305 e. The molecular formula is C26H33FN2O6S. The SMILES string of the molecule is CCCc1nc2c(c(-c3ccc(F)cc3)c1/C=C/[C@@H](O)C[C@@H](O)CC(=O)O)CCCCN2S(C)(=O)=O. The highest BCUT2D eigenvalue weighted by atomic mass is 32.2. The molecule has 2 heterocycles. The summed E-state index contributed by atoms with van der Waals surface area (Å²) in [4.78, 5) is 15.6. The molecule has 1 aliphatic rings. The van der Waals surface area contributed by atoms with Crippen molar-refractivity contribution < 1.29 is 32.9 Å². The standard InChI is InChI=1S/C26H33FN2O6S/c1-3-6-23-21(13-12-19(30)15-20(31)16-24(32)33)25(17-8-10-18(27)11-9-17)22-7-4-5-14-29(26(22)28-23)36(2,34)35/h8-13,19-20,30-31H,3-7,14-16H2,1-2H3,(H,32,33)/b13-12+/t19-,20-/m1/s1.